The van der Waals surface area contributed by atoms with Gasteiger partial charge in [0, 0.05) is 5.69 Å². The average molecular weight is 271 g/mol. The number of primary amides is 1. The summed E-state index contributed by atoms with van der Waals surface area (Å²) in [5.74, 6) is 0.408. The molecule has 1 aromatic carbocycles. The van der Waals surface area contributed by atoms with E-state index in [9.17, 15) is 4.79 Å². The van der Waals surface area contributed by atoms with E-state index in [0.29, 0.717) is 11.5 Å². The maximum atomic E-state index is 11.1. The Balaban J connectivity index is 2.29. The lowest BCUT2D eigenvalue weighted by Crippen LogP contribution is -2.21. The van der Waals surface area contributed by atoms with Crippen molar-refractivity contribution in [2.24, 2.45) is 5.73 Å². The number of benzene rings is 1. The predicted molar refractivity (Wildman–Crippen MR) is 79.4 cm³/mol. The highest BCUT2D eigenvalue weighted by Crippen LogP contribution is 2.35. The molecule has 0 saturated heterocycles. The van der Waals surface area contributed by atoms with E-state index in [1.54, 1.807) is 12.1 Å². The Kier molecular flexibility index (Phi) is 5.00. The molecule has 1 aliphatic rings. The standard InChI is InChI=1S/C16H21N3O/c17-11-12-8-9-15(19-16(18)20)14(10-12)13-6-4-2-1-3-5-7-13/h8-10,13H,1-7H2,(H3,18,19,20). The van der Waals surface area contributed by atoms with Crippen molar-refractivity contribution in [1.82, 2.24) is 0 Å². The van der Waals surface area contributed by atoms with Crippen LogP contribution in [0.25, 0.3) is 0 Å². The number of carbonyl (C=O) groups excluding carboxylic acids is 1. The molecule has 106 valence electrons. The van der Waals surface area contributed by atoms with Gasteiger partial charge in [0.25, 0.3) is 0 Å². The first-order valence-corrected chi connectivity index (χ1v) is 7.31. The van der Waals surface area contributed by atoms with Crippen molar-refractivity contribution in [1.29, 1.82) is 5.26 Å². The Morgan fingerprint density at radius 3 is 2.45 bits per heavy atom. The summed E-state index contributed by atoms with van der Waals surface area (Å²) >= 11 is 0. The number of nitriles is 1. The van der Waals surface area contributed by atoms with Crippen LogP contribution in [-0.2, 0) is 0 Å². The van der Waals surface area contributed by atoms with Gasteiger partial charge in [0.2, 0.25) is 0 Å². The van der Waals surface area contributed by atoms with E-state index in [1.165, 1.54) is 32.1 Å². The van der Waals surface area contributed by atoms with Gasteiger partial charge in [0.15, 0.2) is 0 Å². The van der Waals surface area contributed by atoms with E-state index < -0.39 is 6.03 Å². The van der Waals surface area contributed by atoms with Gasteiger partial charge in [0.05, 0.1) is 11.6 Å². The van der Waals surface area contributed by atoms with Crippen molar-refractivity contribution in [3.05, 3.63) is 29.3 Å². The Morgan fingerprint density at radius 2 is 1.85 bits per heavy atom. The van der Waals surface area contributed by atoms with Crippen LogP contribution in [0.3, 0.4) is 0 Å². The molecule has 4 heteroatoms. The number of anilines is 1. The van der Waals surface area contributed by atoms with Gasteiger partial charge in [-0.1, -0.05) is 32.1 Å². The summed E-state index contributed by atoms with van der Waals surface area (Å²) in [7, 11) is 0. The summed E-state index contributed by atoms with van der Waals surface area (Å²) in [6, 6.07) is 7.03. The van der Waals surface area contributed by atoms with Crippen LogP contribution in [0.5, 0.6) is 0 Å². The summed E-state index contributed by atoms with van der Waals surface area (Å²) < 4.78 is 0. The minimum absolute atomic E-state index is 0.408. The number of rotatable bonds is 2. The molecule has 0 aromatic heterocycles. The number of nitrogens with zero attached hydrogens (tertiary/aromatic N) is 1. The van der Waals surface area contributed by atoms with E-state index in [2.05, 4.69) is 11.4 Å². The molecule has 20 heavy (non-hydrogen) atoms. The fourth-order valence-electron chi connectivity index (χ4n) is 2.98. The van der Waals surface area contributed by atoms with Gasteiger partial charge in [-0.3, -0.25) is 0 Å². The molecule has 0 bridgehead atoms. The molecule has 3 N–H and O–H groups in total. The van der Waals surface area contributed by atoms with E-state index >= 15 is 0 Å². The van der Waals surface area contributed by atoms with Crippen molar-refractivity contribution < 1.29 is 4.79 Å². The van der Waals surface area contributed by atoms with Crippen LogP contribution in [0, 0.1) is 11.3 Å². The zero-order chi connectivity index (χ0) is 14.4. The summed E-state index contributed by atoms with van der Waals surface area (Å²) in [6.07, 6.45) is 8.50. The number of amides is 2. The van der Waals surface area contributed by atoms with Crippen LogP contribution in [0.15, 0.2) is 18.2 Å². The molecule has 0 spiro atoms. The molecule has 1 aliphatic carbocycles. The molecule has 1 saturated carbocycles. The highest BCUT2D eigenvalue weighted by atomic mass is 16.2. The molecule has 0 aliphatic heterocycles. The van der Waals surface area contributed by atoms with Crippen molar-refractivity contribution in [3.8, 4) is 6.07 Å². The van der Waals surface area contributed by atoms with Crippen LogP contribution in [0.1, 0.15) is 62.0 Å². The van der Waals surface area contributed by atoms with Crippen LogP contribution in [0.2, 0.25) is 0 Å². The quantitative estimate of drug-likeness (QED) is 0.856. The van der Waals surface area contributed by atoms with Gasteiger partial charge >= 0.3 is 6.03 Å². The molecular formula is C16H21N3O. The number of urea groups is 1. The molecule has 0 radical (unpaired) electrons. The smallest absolute Gasteiger partial charge is 0.316 e. The molecule has 0 heterocycles. The van der Waals surface area contributed by atoms with Crippen molar-refractivity contribution in [2.75, 3.05) is 5.32 Å². The topological polar surface area (TPSA) is 78.9 Å². The number of nitrogens with one attached hydrogen (secondary N) is 1. The molecule has 0 unspecified atom stereocenters. The fraction of sp³-hybridized carbons (Fsp3) is 0.500. The molecule has 0 atom stereocenters. The molecule has 2 amide bonds. The first kappa shape index (κ1) is 14.4. The third kappa shape index (κ3) is 3.74. The lowest BCUT2D eigenvalue weighted by Gasteiger charge is -2.22. The number of hydrogen-bond acceptors (Lipinski definition) is 2. The van der Waals surface area contributed by atoms with Gasteiger partial charge in [-0.05, 0) is 42.5 Å². The van der Waals surface area contributed by atoms with Gasteiger partial charge in [0.1, 0.15) is 0 Å². The Bertz CT molecular complexity index is 511. The third-order valence-corrected chi connectivity index (χ3v) is 3.98. The van der Waals surface area contributed by atoms with E-state index in [1.807, 2.05) is 6.07 Å². The Morgan fingerprint density at radius 1 is 1.20 bits per heavy atom. The SMILES string of the molecule is N#Cc1ccc(NC(N)=O)c(C2CCCCCCC2)c1. The maximum absolute atomic E-state index is 11.1. The second kappa shape index (κ2) is 6.95. The van der Waals surface area contributed by atoms with Crippen molar-refractivity contribution in [3.63, 3.8) is 0 Å². The van der Waals surface area contributed by atoms with Crippen molar-refractivity contribution >= 4 is 11.7 Å². The summed E-state index contributed by atoms with van der Waals surface area (Å²) in [5.41, 5.74) is 7.68. The predicted octanol–water partition coefficient (Wildman–Crippen LogP) is 3.88. The van der Waals surface area contributed by atoms with Crippen LogP contribution < -0.4 is 11.1 Å². The summed E-state index contributed by atoms with van der Waals surface area (Å²) in [6.45, 7) is 0. The summed E-state index contributed by atoms with van der Waals surface area (Å²) in [4.78, 5) is 11.1. The number of nitrogens with two attached hydrogens (primary N) is 1. The molecule has 4 nitrogen and oxygen atoms in total. The molecular weight excluding hydrogens is 250 g/mol. The lowest BCUT2D eigenvalue weighted by molar-refractivity contribution is 0.259. The number of carbonyl (C=O) groups is 1. The third-order valence-electron chi connectivity index (χ3n) is 3.98. The van der Waals surface area contributed by atoms with Crippen molar-refractivity contribution in [2.45, 2.75) is 50.9 Å². The van der Waals surface area contributed by atoms with Crippen LogP contribution in [0.4, 0.5) is 10.5 Å². The second-order valence-electron chi connectivity index (χ2n) is 5.45. The minimum Gasteiger partial charge on any atom is -0.351 e. The van der Waals surface area contributed by atoms with E-state index in [0.717, 1.165) is 24.1 Å². The minimum atomic E-state index is -0.554. The van der Waals surface area contributed by atoms with Crippen LogP contribution in [-0.4, -0.2) is 6.03 Å². The normalized spacial score (nSPS) is 16.8. The van der Waals surface area contributed by atoms with Gasteiger partial charge < -0.3 is 11.1 Å². The molecule has 1 fully saturated rings. The number of hydrogen-bond donors (Lipinski definition) is 2. The first-order valence-electron chi connectivity index (χ1n) is 7.31. The van der Waals surface area contributed by atoms with E-state index in [4.69, 9.17) is 11.0 Å². The Labute approximate surface area is 120 Å². The first-order chi connectivity index (χ1) is 9.70. The van der Waals surface area contributed by atoms with Crippen LogP contribution >= 0.6 is 0 Å². The fourth-order valence-corrected chi connectivity index (χ4v) is 2.98. The largest absolute Gasteiger partial charge is 0.351 e. The van der Waals surface area contributed by atoms with Gasteiger partial charge in [-0.25, -0.2) is 4.79 Å². The maximum Gasteiger partial charge on any atom is 0.316 e. The lowest BCUT2D eigenvalue weighted by atomic mass is 9.84. The highest BCUT2D eigenvalue weighted by molar-refractivity contribution is 5.89. The molecule has 2 rings (SSSR count). The summed E-state index contributed by atoms with van der Waals surface area (Å²) in [5, 5.41) is 11.8. The highest BCUT2D eigenvalue weighted by Gasteiger charge is 2.18. The zero-order valence-corrected chi connectivity index (χ0v) is 11.7. The van der Waals surface area contributed by atoms with Gasteiger partial charge in [-0.15, -0.1) is 0 Å². The second-order valence-corrected chi connectivity index (χ2v) is 5.45. The average Bonchev–Trinajstić information content (AvgIpc) is 2.39. The zero-order valence-electron chi connectivity index (χ0n) is 11.7. The molecule has 1 aromatic rings. The van der Waals surface area contributed by atoms with Gasteiger partial charge in [-0.2, -0.15) is 5.26 Å². The Hall–Kier alpha value is -2.02. The monoisotopic (exact) mass is 271 g/mol. The van der Waals surface area contributed by atoms with E-state index in [-0.39, 0.29) is 0 Å².